The molecule has 1 fully saturated rings. The zero-order valence-corrected chi connectivity index (χ0v) is 9.33. The van der Waals surface area contributed by atoms with Gasteiger partial charge in [0.1, 0.15) is 5.82 Å². The number of H-pyrrole nitrogens is 1. The lowest BCUT2D eigenvalue weighted by Crippen LogP contribution is -1.87. The van der Waals surface area contributed by atoms with E-state index in [4.69, 9.17) is 17.3 Å². The fourth-order valence-electron chi connectivity index (χ4n) is 1.61. The van der Waals surface area contributed by atoms with E-state index in [1.54, 1.807) is 12.1 Å². The molecule has 1 heterocycles. The van der Waals surface area contributed by atoms with Crippen molar-refractivity contribution < 1.29 is 0 Å². The van der Waals surface area contributed by atoms with E-state index in [1.165, 1.54) is 12.8 Å². The Morgan fingerprint density at radius 3 is 2.88 bits per heavy atom. The molecule has 1 aromatic carbocycles. The van der Waals surface area contributed by atoms with Gasteiger partial charge in [0.05, 0.1) is 10.7 Å². The second-order valence-electron chi connectivity index (χ2n) is 4.05. The minimum absolute atomic E-state index is 0.537. The summed E-state index contributed by atoms with van der Waals surface area (Å²) in [5.74, 6) is 2.23. The van der Waals surface area contributed by atoms with Crippen LogP contribution in [0, 0.1) is 0 Å². The van der Waals surface area contributed by atoms with Crippen LogP contribution in [0.15, 0.2) is 18.2 Å². The molecule has 1 aromatic heterocycles. The number of hydrogen-bond acceptors (Lipinski definition) is 3. The molecule has 4 nitrogen and oxygen atoms in total. The number of benzene rings is 1. The molecule has 3 rings (SSSR count). The van der Waals surface area contributed by atoms with Gasteiger partial charge in [-0.15, -0.1) is 0 Å². The monoisotopic (exact) mass is 234 g/mol. The Morgan fingerprint density at radius 1 is 1.38 bits per heavy atom. The van der Waals surface area contributed by atoms with Gasteiger partial charge in [0, 0.05) is 11.5 Å². The van der Waals surface area contributed by atoms with Crippen LogP contribution in [0.3, 0.4) is 0 Å². The van der Waals surface area contributed by atoms with Crippen LogP contribution in [0.25, 0.3) is 11.4 Å². The maximum Gasteiger partial charge on any atom is 0.181 e. The Kier molecular flexibility index (Phi) is 2.11. The smallest absolute Gasteiger partial charge is 0.181 e. The van der Waals surface area contributed by atoms with Crippen molar-refractivity contribution in [2.45, 2.75) is 18.8 Å². The summed E-state index contributed by atoms with van der Waals surface area (Å²) in [6.45, 7) is 0. The second kappa shape index (κ2) is 3.49. The Morgan fingerprint density at radius 2 is 2.19 bits per heavy atom. The zero-order chi connectivity index (χ0) is 11.1. The third kappa shape index (κ3) is 1.65. The third-order valence-corrected chi connectivity index (χ3v) is 3.05. The highest BCUT2D eigenvalue weighted by molar-refractivity contribution is 6.33. The van der Waals surface area contributed by atoms with Crippen LogP contribution in [0.2, 0.25) is 5.02 Å². The predicted octanol–water partition coefficient (Wildman–Crippen LogP) is 2.58. The van der Waals surface area contributed by atoms with Gasteiger partial charge < -0.3 is 5.73 Å². The van der Waals surface area contributed by atoms with Gasteiger partial charge >= 0.3 is 0 Å². The topological polar surface area (TPSA) is 67.6 Å². The average Bonchev–Trinajstić information content (AvgIpc) is 3.01. The summed E-state index contributed by atoms with van der Waals surface area (Å²) in [5, 5.41) is 7.68. The molecule has 0 atom stereocenters. The molecule has 1 saturated carbocycles. The zero-order valence-electron chi connectivity index (χ0n) is 8.57. The minimum Gasteiger partial charge on any atom is -0.398 e. The van der Waals surface area contributed by atoms with Gasteiger partial charge in [0.2, 0.25) is 0 Å². The highest BCUT2D eigenvalue weighted by atomic mass is 35.5. The summed E-state index contributed by atoms with van der Waals surface area (Å²) in [6.07, 6.45) is 2.41. The van der Waals surface area contributed by atoms with Gasteiger partial charge in [-0.25, -0.2) is 4.98 Å². The summed E-state index contributed by atoms with van der Waals surface area (Å²) in [6, 6.07) is 5.43. The first-order chi connectivity index (χ1) is 7.74. The summed E-state index contributed by atoms with van der Waals surface area (Å²) < 4.78 is 0. The molecule has 2 aromatic rings. The molecule has 0 bridgehead atoms. The first kappa shape index (κ1) is 9.66. The van der Waals surface area contributed by atoms with Gasteiger partial charge in [0.25, 0.3) is 0 Å². The Balaban J connectivity index is 1.97. The lowest BCUT2D eigenvalue weighted by Gasteiger charge is -1.99. The van der Waals surface area contributed by atoms with Gasteiger partial charge in [-0.1, -0.05) is 11.6 Å². The molecule has 5 heteroatoms. The number of rotatable bonds is 2. The first-order valence-electron chi connectivity index (χ1n) is 5.22. The van der Waals surface area contributed by atoms with E-state index < -0.39 is 0 Å². The molecular weight excluding hydrogens is 224 g/mol. The van der Waals surface area contributed by atoms with Gasteiger partial charge in [-0.2, -0.15) is 5.10 Å². The number of nitrogens with one attached hydrogen (secondary N) is 1. The standard InChI is InChI=1S/C11H11ClN4/c12-8-5-7(3-4-9(8)13)11-14-10(15-16-11)6-1-2-6/h3-6H,1-2,13H2,(H,14,15,16). The highest BCUT2D eigenvalue weighted by Crippen LogP contribution is 2.38. The number of anilines is 1. The maximum atomic E-state index is 5.95. The molecule has 0 unspecified atom stereocenters. The number of aromatic nitrogens is 3. The van der Waals surface area contributed by atoms with E-state index >= 15 is 0 Å². The van der Waals surface area contributed by atoms with Crippen molar-refractivity contribution in [2.75, 3.05) is 5.73 Å². The van der Waals surface area contributed by atoms with Crippen LogP contribution in [-0.4, -0.2) is 15.2 Å². The van der Waals surface area contributed by atoms with Crippen LogP contribution in [0.4, 0.5) is 5.69 Å². The molecular formula is C11H11ClN4. The largest absolute Gasteiger partial charge is 0.398 e. The molecule has 0 aliphatic heterocycles. The van der Waals surface area contributed by atoms with E-state index in [1.807, 2.05) is 6.07 Å². The average molecular weight is 235 g/mol. The van der Waals surface area contributed by atoms with Gasteiger partial charge in [-0.05, 0) is 31.0 Å². The normalized spacial score (nSPS) is 15.3. The molecule has 1 aliphatic carbocycles. The van der Waals surface area contributed by atoms with Crippen molar-refractivity contribution in [3.05, 3.63) is 29.0 Å². The fraction of sp³-hybridized carbons (Fsp3) is 0.273. The Labute approximate surface area is 97.8 Å². The second-order valence-corrected chi connectivity index (χ2v) is 4.46. The number of nitrogens with zero attached hydrogens (tertiary/aromatic N) is 2. The lowest BCUT2D eigenvalue weighted by molar-refractivity contribution is 0.935. The molecule has 16 heavy (non-hydrogen) atoms. The van der Waals surface area contributed by atoms with Crippen molar-refractivity contribution in [3.63, 3.8) is 0 Å². The number of aromatic amines is 1. The van der Waals surface area contributed by atoms with Gasteiger partial charge in [0.15, 0.2) is 5.82 Å². The van der Waals surface area contributed by atoms with E-state index in [2.05, 4.69) is 15.2 Å². The summed E-state index contributed by atoms with van der Waals surface area (Å²) >= 11 is 5.95. The van der Waals surface area contributed by atoms with Crippen LogP contribution in [-0.2, 0) is 0 Å². The Hall–Kier alpha value is -1.55. The van der Waals surface area contributed by atoms with Crippen LogP contribution >= 0.6 is 11.6 Å². The number of nitrogens with two attached hydrogens (primary N) is 1. The van der Waals surface area contributed by atoms with Crippen molar-refractivity contribution in [2.24, 2.45) is 0 Å². The first-order valence-corrected chi connectivity index (χ1v) is 5.59. The molecule has 0 amide bonds. The number of halogens is 1. The van der Waals surface area contributed by atoms with E-state index in [-0.39, 0.29) is 0 Å². The van der Waals surface area contributed by atoms with Crippen molar-refractivity contribution >= 4 is 17.3 Å². The summed E-state index contributed by atoms with van der Waals surface area (Å²) in [4.78, 5) is 4.45. The fourth-order valence-corrected chi connectivity index (χ4v) is 1.79. The van der Waals surface area contributed by atoms with Crippen molar-refractivity contribution in [3.8, 4) is 11.4 Å². The number of hydrogen-bond donors (Lipinski definition) is 2. The molecule has 0 saturated heterocycles. The number of nitrogen functional groups attached to an aromatic ring is 1. The lowest BCUT2D eigenvalue weighted by atomic mass is 10.2. The summed E-state index contributed by atoms with van der Waals surface area (Å²) in [7, 11) is 0. The van der Waals surface area contributed by atoms with Crippen LogP contribution in [0.5, 0.6) is 0 Å². The molecule has 3 N–H and O–H groups in total. The quantitative estimate of drug-likeness (QED) is 0.785. The summed E-state index contributed by atoms with van der Waals surface area (Å²) in [5.41, 5.74) is 7.11. The molecule has 1 aliphatic rings. The van der Waals surface area contributed by atoms with Crippen LogP contribution < -0.4 is 5.73 Å². The third-order valence-electron chi connectivity index (χ3n) is 2.73. The van der Waals surface area contributed by atoms with E-state index in [9.17, 15) is 0 Å². The predicted molar refractivity (Wildman–Crippen MR) is 63.2 cm³/mol. The van der Waals surface area contributed by atoms with Crippen molar-refractivity contribution in [1.82, 2.24) is 15.2 Å². The molecule has 0 spiro atoms. The Bertz CT molecular complexity index is 531. The van der Waals surface area contributed by atoms with Crippen LogP contribution in [0.1, 0.15) is 24.6 Å². The van der Waals surface area contributed by atoms with Crippen molar-refractivity contribution in [1.29, 1.82) is 0 Å². The van der Waals surface area contributed by atoms with E-state index in [0.29, 0.717) is 22.5 Å². The molecule has 0 radical (unpaired) electrons. The minimum atomic E-state index is 0.537. The van der Waals surface area contributed by atoms with Gasteiger partial charge in [-0.3, -0.25) is 5.10 Å². The highest BCUT2D eigenvalue weighted by Gasteiger charge is 2.27. The SMILES string of the molecule is Nc1ccc(-c2n[nH]c(C3CC3)n2)cc1Cl. The molecule has 82 valence electrons. The maximum absolute atomic E-state index is 5.95. The van der Waals surface area contributed by atoms with E-state index in [0.717, 1.165) is 11.4 Å².